The molecule has 0 radical (unpaired) electrons. The zero-order valence-corrected chi connectivity index (χ0v) is 14.3. The number of aromatic carboxylic acids is 1. The first-order valence-electron chi connectivity index (χ1n) is 7.43. The predicted molar refractivity (Wildman–Crippen MR) is 89.5 cm³/mol. The smallest absolute Gasteiger partial charge is 0.337 e. The van der Waals surface area contributed by atoms with Crippen molar-refractivity contribution in [3.8, 4) is 0 Å². The van der Waals surface area contributed by atoms with Crippen molar-refractivity contribution in [2.45, 2.75) is 25.3 Å². The number of hydrogen-bond donors (Lipinski definition) is 3. The van der Waals surface area contributed by atoms with Crippen LogP contribution in [0.4, 0.5) is 5.69 Å². The Kier molecular flexibility index (Phi) is 5.63. The second-order valence-electron chi connectivity index (χ2n) is 5.69. The third-order valence-corrected chi connectivity index (χ3v) is 4.65. The van der Waals surface area contributed by atoms with Crippen LogP contribution in [0.25, 0.3) is 0 Å². The topological polar surface area (TPSA) is 109 Å². The van der Waals surface area contributed by atoms with Crippen molar-refractivity contribution in [1.82, 2.24) is 4.72 Å². The molecule has 2 aromatic rings. The quantitative estimate of drug-likeness (QED) is 0.674. The maximum absolute atomic E-state index is 12.3. The first-order chi connectivity index (χ1) is 11.3. The summed E-state index contributed by atoms with van der Waals surface area (Å²) in [5.41, 5.74) is 0.303. The zero-order chi connectivity index (χ0) is 17.7. The van der Waals surface area contributed by atoms with Crippen molar-refractivity contribution in [3.63, 3.8) is 0 Å². The Morgan fingerprint density at radius 1 is 1.29 bits per heavy atom. The van der Waals surface area contributed by atoms with Gasteiger partial charge in [-0.25, -0.2) is 17.9 Å². The van der Waals surface area contributed by atoms with E-state index in [2.05, 4.69) is 10.0 Å². The summed E-state index contributed by atoms with van der Waals surface area (Å²) in [5, 5.41) is 12.3. The second-order valence-corrected chi connectivity index (χ2v) is 7.46. The van der Waals surface area contributed by atoms with E-state index in [9.17, 15) is 18.3 Å². The Bertz CT molecular complexity index is 798. The maximum atomic E-state index is 12.3. The number of carbonyl (C=O) groups is 1. The molecule has 0 amide bonds. The van der Waals surface area contributed by atoms with Crippen LogP contribution in [-0.2, 0) is 16.6 Å². The van der Waals surface area contributed by atoms with Gasteiger partial charge in [0.2, 0.25) is 10.0 Å². The van der Waals surface area contributed by atoms with E-state index in [4.69, 9.17) is 4.42 Å². The van der Waals surface area contributed by atoms with Gasteiger partial charge in [-0.1, -0.05) is 13.8 Å². The highest BCUT2D eigenvalue weighted by molar-refractivity contribution is 7.89. The lowest BCUT2D eigenvalue weighted by atomic mass is 10.1. The van der Waals surface area contributed by atoms with Crippen molar-refractivity contribution in [2.75, 3.05) is 11.9 Å². The average Bonchev–Trinajstić information content (AvgIpc) is 3.04. The van der Waals surface area contributed by atoms with Gasteiger partial charge in [-0.2, -0.15) is 0 Å². The third kappa shape index (κ3) is 4.59. The average molecular weight is 352 g/mol. The molecule has 0 atom stereocenters. The normalized spacial score (nSPS) is 11.6. The largest absolute Gasteiger partial charge is 0.478 e. The van der Waals surface area contributed by atoms with Gasteiger partial charge in [0.25, 0.3) is 0 Å². The van der Waals surface area contributed by atoms with Gasteiger partial charge in [0.15, 0.2) is 0 Å². The number of sulfonamides is 1. The fourth-order valence-electron chi connectivity index (χ4n) is 2.00. The fraction of sp³-hybridized carbons (Fsp3) is 0.312. The molecule has 1 heterocycles. The van der Waals surface area contributed by atoms with E-state index in [0.717, 1.165) is 6.07 Å². The minimum atomic E-state index is -3.84. The SMILES string of the molecule is CC(C)CNc1ccc(S(=O)(=O)NCc2ccco2)cc1C(=O)O. The molecule has 3 N–H and O–H groups in total. The minimum Gasteiger partial charge on any atom is -0.478 e. The van der Waals surface area contributed by atoms with Crippen LogP contribution in [-0.4, -0.2) is 26.0 Å². The fourth-order valence-corrected chi connectivity index (χ4v) is 3.02. The van der Waals surface area contributed by atoms with Crippen molar-refractivity contribution < 1.29 is 22.7 Å². The number of furan rings is 1. The lowest BCUT2D eigenvalue weighted by Gasteiger charge is -2.13. The molecule has 0 fully saturated rings. The summed E-state index contributed by atoms with van der Waals surface area (Å²) in [6, 6.07) is 7.29. The van der Waals surface area contributed by atoms with Crippen LogP contribution >= 0.6 is 0 Å². The summed E-state index contributed by atoms with van der Waals surface area (Å²) < 4.78 is 32.1. The van der Waals surface area contributed by atoms with Crippen LogP contribution in [0.2, 0.25) is 0 Å². The van der Waals surface area contributed by atoms with Crippen LogP contribution < -0.4 is 10.0 Å². The first-order valence-corrected chi connectivity index (χ1v) is 8.91. The molecular formula is C16H20N2O5S. The summed E-state index contributed by atoms with van der Waals surface area (Å²) in [6.45, 7) is 4.56. The molecule has 0 unspecified atom stereocenters. The number of anilines is 1. The van der Waals surface area contributed by atoms with E-state index in [1.165, 1.54) is 18.4 Å². The van der Waals surface area contributed by atoms with Crippen molar-refractivity contribution in [1.29, 1.82) is 0 Å². The van der Waals surface area contributed by atoms with E-state index in [-0.39, 0.29) is 17.0 Å². The van der Waals surface area contributed by atoms with Crippen molar-refractivity contribution in [2.24, 2.45) is 5.92 Å². The van der Waals surface area contributed by atoms with E-state index in [1.807, 2.05) is 13.8 Å². The first kappa shape index (κ1) is 18.0. The van der Waals surface area contributed by atoms with Gasteiger partial charge in [0.05, 0.1) is 23.3 Å². The van der Waals surface area contributed by atoms with Gasteiger partial charge >= 0.3 is 5.97 Å². The number of carboxylic acids is 1. The van der Waals surface area contributed by atoms with Crippen molar-refractivity contribution in [3.05, 3.63) is 47.9 Å². The van der Waals surface area contributed by atoms with Gasteiger partial charge in [-0.15, -0.1) is 0 Å². The molecule has 0 aliphatic carbocycles. The van der Waals surface area contributed by atoms with Gasteiger partial charge in [0, 0.05) is 12.2 Å². The number of hydrogen-bond acceptors (Lipinski definition) is 5. The molecule has 0 saturated heterocycles. The molecule has 130 valence electrons. The third-order valence-electron chi connectivity index (χ3n) is 3.25. The van der Waals surface area contributed by atoms with Crippen LogP contribution in [0, 0.1) is 5.92 Å². The van der Waals surface area contributed by atoms with Crippen LogP contribution in [0.3, 0.4) is 0 Å². The predicted octanol–water partition coefficient (Wildman–Crippen LogP) is 2.52. The Hall–Kier alpha value is -2.32. The number of rotatable bonds is 8. The molecule has 7 nitrogen and oxygen atoms in total. The Labute approximate surface area is 140 Å². The van der Waals surface area contributed by atoms with E-state index < -0.39 is 16.0 Å². The van der Waals surface area contributed by atoms with E-state index in [0.29, 0.717) is 23.9 Å². The molecule has 24 heavy (non-hydrogen) atoms. The summed E-state index contributed by atoms with van der Waals surface area (Å²) >= 11 is 0. The summed E-state index contributed by atoms with van der Waals surface area (Å²) in [5.74, 6) is -0.401. The molecule has 0 aliphatic rings. The summed E-state index contributed by atoms with van der Waals surface area (Å²) in [4.78, 5) is 11.3. The lowest BCUT2D eigenvalue weighted by Crippen LogP contribution is -2.23. The monoisotopic (exact) mass is 352 g/mol. The molecule has 8 heteroatoms. The highest BCUT2D eigenvalue weighted by atomic mass is 32.2. The number of benzene rings is 1. The van der Waals surface area contributed by atoms with Crippen LogP contribution in [0.15, 0.2) is 45.9 Å². The molecule has 1 aromatic carbocycles. The van der Waals surface area contributed by atoms with Gasteiger partial charge in [0.1, 0.15) is 5.76 Å². The number of carboxylic acid groups (broad SMARTS) is 1. The van der Waals surface area contributed by atoms with E-state index in [1.54, 1.807) is 12.1 Å². The second kappa shape index (κ2) is 7.50. The molecule has 0 bridgehead atoms. The minimum absolute atomic E-state index is 0.00884. The Morgan fingerprint density at radius 2 is 2.04 bits per heavy atom. The molecular weight excluding hydrogens is 332 g/mol. The number of nitrogens with one attached hydrogen (secondary N) is 2. The highest BCUT2D eigenvalue weighted by Crippen LogP contribution is 2.21. The lowest BCUT2D eigenvalue weighted by molar-refractivity contribution is 0.0697. The molecule has 1 aromatic heterocycles. The molecule has 0 spiro atoms. The van der Waals surface area contributed by atoms with Crippen LogP contribution in [0.1, 0.15) is 30.0 Å². The van der Waals surface area contributed by atoms with Gasteiger partial charge in [-0.05, 0) is 36.2 Å². The van der Waals surface area contributed by atoms with Gasteiger partial charge in [-0.3, -0.25) is 0 Å². The maximum Gasteiger partial charge on any atom is 0.337 e. The molecule has 0 aliphatic heterocycles. The highest BCUT2D eigenvalue weighted by Gasteiger charge is 2.19. The molecule has 2 rings (SSSR count). The standard InChI is InChI=1S/C16H20N2O5S/c1-11(2)9-17-15-6-5-13(8-14(15)16(19)20)24(21,22)18-10-12-4-3-7-23-12/h3-8,11,17-18H,9-10H2,1-2H3,(H,19,20). The zero-order valence-electron chi connectivity index (χ0n) is 13.4. The van der Waals surface area contributed by atoms with Crippen molar-refractivity contribution >= 4 is 21.7 Å². The van der Waals surface area contributed by atoms with E-state index >= 15 is 0 Å². The Balaban J connectivity index is 2.23. The summed E-state index contributed by atoms with van der Waals surface area (Å²) in [7, 11) is -3.84. The summed E-state index contributed by atoms with van der Waals surface area (Å²) in [6.07, 6.45) is 1.45. The Morgan fingerprint density at radius 3 is 2.62 bits per heavy atom. The van der Waals surface area contributed by atoms with Crippen LogP contribution in [0.5, 0.6) is 0 Å². The molecule has 0 saturated carbocycles. The van der Waals surface area contributed by atoms with Gasteiger partial charge < -0.3 is 14.8 Å².